The number of benzene rings is 1. The molecule has 0 radical (unpaired) electrons. The number of rotatable bonds is 5. The van der Waals surface area contributed by atoms with Gasteiger partial charge in [0, 0.05) is 7.11 Å². The summed E-state index contributed by atoms with van der Waals surface area (Å²) in [7, 11) is 1.64. The van der Waals surface area contributed by atoms with Crippen molar-refractivity contribution in [1.82, 2.24) is 0 Å². The minimum atomic E-state index is 0.227. The maximum Gasteiger partial charge on any atom is 0.146 e. The van der Waals surface area contributed by atoms with Crippen LogP contribution in [-0.2, 0) is 21.3 Å². The van der Waals surface area contributed by atoms with E-state index in [9.17, 15) is 0 Å². The summed E-state index contributed by atoms with van der Waals surface area (Å²) in [4.78, 5) is 0. The van der Waals surface area contributed by atoms with Gasteiger partial charge in [0.2, 0.25) is 0 Å². The molecule has 0 heterocycles. The number of hydrogen-bond donors (Lipinski definition) is 0. The van der Waals surface area contributed by atoms with Crippen LogP contribution in [0.2, 0.25) is 0 Å². The van der Waals surface area contributed by atoms with E-state index in [2.05, 4.69) is 45.0 Å². The van der Waals surface area contributed by atoms with Gasteiger partial charge in [-0.2, -0.15) is 0 Å². The van der Waals surface area contributed by atoms with Gasteiger partial charge in [0.1, 0.15) is 6.79 Å². The third kappa shape index (κ3) is 4.33. The van der Waals surface area contributed by atoms with Gasteiger partial charge in [0.05, 0.1) is 6.61 Å². The Balaban J connectivity index is 2.46. The topological polar surface area (TPSA) is 18.5 Å². The maximum atomic E-state index is 5.26. The predicted molar refractivity (Wildman–Crippen MR) is 66.7 cm³/mol. The number of ether oxygens (including phenoxy) is 2. The van der Waals surface area contributed by atoms with Crippen molar-refractivity contribution in [2.24, 2.45) is 0 Å². The molecule has 0 amide bonds. The van der Waals surface area contributed by atoms with Crippen LogP contribution >= 0.6 is 0 Å². The quantitative estimate of drug-likeness (QED) is 0.563. The molecule has 0 spiro atoms. The van der Waals surface area contributed by atoms with Gasteiger partial charge in [0.15, 0.2) is 0 Å². The van der Waals surface area contributed by atoms with Crippen LogP contribution in [0.1, 0.15) is 31.9 Å². The van der Waals surface area contributed by atoms with Gasteiger partial charge in [0.25, 0.3) is 0 Å². The molecular weight excluding hydrogens is 200 g/mol. The predicted octanol–water partition coefficient (Wildman–Crippen LogP) is 3.15. The van der Waals surface area contributed by atoms with Gasteiger partial charge in [-0.25, -0.2) is 0 Å². The lowest BCUT2D eigenvalue weighted by molar-refractivity contribution is -0.0291. The van der Waals surface area contributed by atoms with Crippen LogP contribution in [0.5, 0.6) is 0 Å². The van der Waals surface area contributed by atoms with E-state index in [0.29, 0.717) is 13.4 Å². The Bertz CT molecular complexity index is 296. The largest absolute Gasteiger partial charge is 0.359 e. The Morgan fingerprint density at radius 2 is 1.69 bits per heavy atom. The molecule has 0 unspecified atom stereocenters. The van der Waals surface area contributed by atoms with Gasteiger partial charge in [-0.1, -0.05) is 45.0 Å². The molecule has 0 aromatic heterocycles. The molecule has 90 valence electrons. The highest BCUT2D eigenvalue weighted by Gasteiger charge is 2.12. The van der Waals surface area contributed by atoms with E-state index >= 15 is 0 Å². The van der Waals surface area contributed by atoms with Crippen molar-refractivity contribution in [3.05, 3.63) is 35.4 Å². The highest BCUT2D eigenvalue weighted by atomic mass is 16.7. The van der Waals surface area contributed by atoms with Crippen LogP contribution in [0.3, 0.4) is 0 Å². The minimum Gasteiger partial charge on any atom is -0.359 e. The fourth-order valence-electron chi connectivity index (χ4n) is 1.50. The highest BCUT2D eigenvalue weighted by molar-refractivity contribution is 5.27. The van der Waals surface area contributed by atoms with E-state index in [-0.39, 0.29) is 5.41 Å². The Labute approximate surface area is 98.6 Å². The fraction of sp³-hybridized carbons (Fsp3) is 0.571. The highest BCUT2D eigenvalue weighted by Crippen LogP contribution is 2.22. The zero-order valence-corrected chi connectivity index (χ0v) is 10.7. The smallest absolute Gasteiger partial charge is 0.146 e. The van der Waals surface area contributed by atoms with Gasteiger partial charge >= 0.3 is 0 Å². The van der Waals surface area contributed by atoms with Crippen molar-refractivity contribution in [3.8, 4) is 0 Å². The molecule has 0 fully saturated rings. The normalized spacial score (nSPS) is 11.8. The summed E-state index contributed by atoms with van der Waals surface area (Å²) in [5.74, 6) is 0. The lowest BCUT2D eigenvalue weighted by Gasteiger charge is -2.19. The van der Waals surface area contributed by atoms with Gasteiger partial charge in [-0.05, 0) is 23.0 Å². The van der Waals surface area contributed by atoms with Crippen molar-refractivity contribution in [3.63, 3.8) is 0 Å². The summed E-state index contributed by atoms with van der Waals surface area (Å²) < 4.78 is 10.1. The molecule has 2 nitrogen and oxygen atoms in total. The second kappa shape index (κ2) is 6.02. The zero-order valence-electron chi connectivity index (χ0n) is 10.7. The number of methoxy groups -OCH3 is 1. The summed E-state index contributed by atoms with van der Waals surface area (Å²) in [6, 6.07) is 8.75. The molecular formula is C14H22O2. The van der Waals surface area contributed by atoms with Crippen molar-refractivity contribution < 1.29 is 9.47 Å². The summed E-state index contributed by atoms with van der Waals surface area (Å²) >= 11 is 0. The molecule has 0 bridgehead atoms. The monoisotopic (exact) mass is 222 g/mol. The van der Waals surface area contributed by atoms with Gasteiger partial charge in [-0.15, -0.1) is 0 Å². The van der Waals surface area contributed by atoms with E-state index < -0.39 is 0 Å². The Morgan fingerprint density at radius 1 is 1.06 bits per heavy atom. The third-order valence-corrected chi connectivity index (χ3v) is 2.56. The molecule has 1 aromatic carbocycles. The maximum absolute atomic E-state index is 5.26. The van der Waals surface area contributed by atoms with Crippen molar-refractivity contribution in [2.45, 2.75) is 32.6 Å². The average molecular weight is 222 g/mol. The SMILES string of the molecule is COCOCCc1ccc(C(C)(C)C)cc1. The van der Waals surface area contributed by atoms with Crippen LogP contribution in [0, 0.1) is 0 Å². The lowest BCUT2D eigenvalue weighted by atomic mass is 9.86. The molecule has 0 aliphatic carbocycles. The summed E-state index contributed by atoms with van der Waals surface area (Å²) in [6.45, 7) is 7.76. The standard InChI is InChI=1S/C14H22O2/c1-14(2,3)13-7-5-12(6-8-13)9-10-16-11-15-4/h5-8H,9-11H2,1-4H3. The molecule has 16 heavy (non-hydrogen) atoms. The molecule has 0 atom stereocenters. The number of hydrogen-bond acceptors (Lipinski definition) is 2. The van der Waals surface area contributed by atoms with Crippen LogP contribution in [0.4, 0.5) is 0 Å². The van der Waals surface area contributed by atoms with E-state index in [1.54, 1.807) is 7.11 Å². The third-order valence-electron chi connectivity index (χ3n) is 2.56. The Morgan fingerprint density at radius 3 is 2.19 bits per heavy atom. The summed E-state index contributed by atoms with van der Waals surface area (Å²) in [5.41, 5.74) is 2.91. The molecule has 0 saturated heterocycles. The van der Waals surface area contributed by atoms with Crippen molar-refractivity contribution >= 4 is 0 Å². The summed E-state index contributed by atoms with van der Waals surface area (Å²) in [6.07, 6.45) is 0.938. The minimum absolute atomic E-state index is 0.227. The Hall–Kier alpha value is -0.860. The van der Waals surface area contributed by atoms with E-state index in [1.807, 2.05) is 0 Å². The van der Waals surface area contributed by atoms with E-state index in [0.717, 1.165) is 6.42 Å². The fourth-order valence-corrected chi connectivity index (χ4v) is 1.50. The van der Waals surface area contributed by atoms with Gasteiger partial charge < -0.3 is 9.47 Å². The second-order valence-electron chi connectivity index (χ2n) is 5.01. The average Bonchev–Trinajstić information content (AvgIpc) is 2.24. The van der Waals surface area contributed by atoms with E-state index in [1.165, 1.54) is 11.1 Å². The van der Waals surface area contributed by atoms with Crippen molar-refractivity contribution in [2.75, 3.05) is 20.5 Å². The van der Waals surface area contributed by atoms with E-state index in [4.69, 9.17) is 9.47 Å². The molecule has 0 aliphatic rings. The molecule has 2 heteroatoms. The first kappa shape index (κ1) is 13.2. The lowest BCUT2D eigenvalue weighted by Crippen LogP contribution is -2.10. The molecule has 0 saturated carbocycles. The second-order valence-corrected chi connectivity index (χ2v) is 5.01. The Kier molecular flexibility index (Phi) is 4.97. The summed E-state index contributed by atoms with van der Waals surface area (Å²) in [5, 5.41) is 0. The van der Waals surface area contributed by atoms with Crippen LogP contribution in [0.25, 0.3) is 0 Å². The first-order chi connectivity index (χ1) is 7.54. The zero-order chi connectivity index (χ0) is 12.0. The van der Waals surface area contributed by atoms with Crippen molar-refractivity contribution in [1.29, 1.82) is 0 Å². The molecule has 0 aliphatic heterocycles. The van der Waals surface area contributed by atoms with Crippen LogP contribution < -0.4 is 0 Å². The molecule has 1 aromatic rings. The molecule has 0 N–H and O–H groups in total. The first-order valence-corrected chi connectivity index (χ1v) is 5.70. The van der Waals surface area contributed by atoms with Crippen LogP contribution in [0.15, 0.2) is 24.3 Å². The molecule has 1 rings (SSSR count). The first-order valence-electron chi connectivity index (χ1n) is 5.70. The van der Waals surface area contributed by atoms with Crippen LogP contribution in [-0.4, -0.2) is 20.5 Å². The van der Waals surface area contributed by atoms with Gasteiger partial charge in [-0.3, -0.25) is 0 Å².